The van der Waals surface area contributed by atoms with Gasteiger partial charge in [0.25, 0.3) is 0 Å². The first kappa shape index (κ1) is 20.1. The highest BCUT2D eigenvalue weighted by atomic mass is 35.5. The average Bonchev–Trinajstić information content (AvgIpc) is 3.13. The fourth-order valence-corrected chi connectivity index (χ4v) is 5.24. The van der Waals surface area contributed by atoms with Crippen molar-refractivity contribution in [3.63, 3.8) is 0 Å². The van der Waals surface area contributed by atoms with E-state index in [1.165, 1.54) is 28.6 Å². The summed E-state index contributed by atoms with van der Waals surface area (Å²) in [6, 6.07) is 14.3. The van der Waals surface area contributed by atoms with E-state index in [4.69, 9.17) is 16.7 Å². The number of rotatable bonds is 6. The molecule has 1 N–H and O–H groups in total. The summed E-state index contributed by atoms with van der Waals surface area (Å²) < 4.78 is 27.7. The second-order valence-electron chi connectivity index (χ2n) is 5.86. The van der Waals surface area contributed by atoms with Crippen LogP contribution in [0, 0.1) is 0 Å². The lowest BCUT2D eigenvalue weighted by Gasteiger charge is -2.26. The molecule has 0 fully saturated rings. The minimum Gasteiger partial charge on any atom is -0.396 e. The van der Waals surface area contributed by atoms with Gasteiger partial charge >= 0.3 is 0 Å². The molecule has 1 aliphatic rings. The molecule has 5 nitrogen and oxygen atoms in total. The molecular formula is C19H18ClNO4S2. The summed E-state index contributed by atoms with van der Waals surface area (Å²) >= 11 is 6.86. The first-order valence-electron chi connectivity index (χ1n) is 8.25. The van der Waals surface area contributed by atoms with Gasteiger partial charge < -0.3 is 5.11 Å². The summed E-state index contributed by atoms with van der Waals surface area (Å²) in [6.07, 6.45) is 1.65. The van der Waals surface area contributed by atoms with Crippen LogP contribution in [0.2, 0.25) is 5.02 Å². The number of sulfonamides is 1. The van der Waals surface area contributed by atoms with E-state index in [-0.39, 0.29) is 28.9 Å². The van der Waals surface area contributed by atoms with Crippen molar-refractivity contribution in [2.24, 2.45) is 0 Å². The fraction of sp³-hybridized carbons (Fsp3) is 0.211. The Morgan fingerprint density at radius 2 is 1.81 bits per heavy atom. The largest absolute Gasteiger partial charge is 0.396 e. The van der Waals surface area contributed by atoms with Gasteiger partial charge in [0.15, 0.2) is 0 Å². The van der Waals surface area contributed by atoms with E-state index in [2.05, 4.69) is 0 Å². The molecule has 2 aromatic carbocycles. The molecule has 1 heterocycles. The van der Waals surface area contributed by atoms with Crippen LogP contribution in [0.3, 0.4) is 0 Å². The van der Waals surface area contributed by atoms with Crippen molar-refractivity contribution in [2.45, 2.75) is 10.9 Å². The van der Waals surface area contributed by atoms with Crippen LogP contribution in [0.4, 0.5) is 0 Å². The number of aliphatic hydroxyl groups is 1. The van der Waals surface area contributed by atoms with Gasteiger partial charge in [-0.1, -0.05) is 59.8 Å². The van der Waals surface area contributed by atoms with Gasteiger partial charge in [-0.05, 0) is 29.8 Å². The minimum atomic E-state index is -3.83. The molecule has 1 aliphatic heterocycles. The van der Waals surface area contributed by atoms with Crippen LogP contribution in [-0.4, -0.2) is 41.8 Å². The molecule has 0 saturated heterocycles. The van der Waals surface area contributed by atoms with Crippen LogP contribution in [0.5, 0.6) is 0 Å². The topological polar surface area (TPSA) is 74.7 Å². The number of halogens is 1. The van der Waals surface area contributed by atoms with E-state index in [0.717, 1.165) is 17.3 Å². The fourth-order valence-electron chi connectivity index (χ4n) is 2.94. The Morgan fingerprint density at radius 1 is 1.15 bits per heavy atom. The van der Waals surface area contributed by atoms with Gasteiger partial charge in [-0.15, -0.1) is 0 Å². The standard InChI is InChI=1S/C19H18ClNO4S2/c20-15-6-8-16(9-7-15)27(24,25)21-11-10-17(19(23)26-13-12-22)18(21)14-4-2-1-3-5-14/h1-10,18,22H,11-13H2/t18-/m0/s1. The highest BCUT2D eigenvalue weighted by molar-refractivity contribution is 8.14. The molecule has 0 bridgehead atoms. The Bertz CT molecular complexity index is 943. The third-order valence-electron chi connectivity index (χ3n) is 4.17. The van der Waals surface area contributed by atoms with E-state index in [1.54, 1.807) is 18.2 Å². The Labute approximate surface area is 167 Å². The summed E-state index contributed by atoms with van der Waals surface area (Å²) in [5.41, 5.74) is 1.13. The van der Waals surface area contributed by atoms with Gasteiger partial charge in [-0.25, -0.2) is 8.42 Å². The predicted molar refractivity (Wildman–Crippen MR) is 107 cm³/mol. The molecule has 0 aromatic heterocycles. The maximum atomic E-state index is 13.2. The monoisotopic (exact) mass is 423 g/mol. The third-order valence-corrected chi connectivity index (χ3v) is 7.15. The van der Waals surface area contributed by atoms with E-state index in [9.17, 15) is 13.2 Å². The third kappa shape index (κ3) is 4.28. The molecule has 0 amide bonds. The van der Waals surface area contributed by atoms with Crippen LogP contribution in [0.15, 0.2) is 71.1 Å². The summed E-state index contributed by atoms with van der Waals surface area (Å²) in [7, 11) is -3.83. The SMILES string of the molecule is O=C(SCCO)C1=CCN(S(=O)(=O)c2ccc(Cl)cc2)[C@H]1c1ccccc1. The number of carbonyl (C=O) groups is 1. The van der Waals surface area contributed by atoms with Gasteiger partial charge in [0.1, 0.15) is 0 Å². The maximum absolute atomic E-state index is 13.2. The minimum absolute atomic E-state index is 0.102. The Morgan fingerprint density at radius 3 is 2.44 bits per heavy atom. The molecule has 1 atom stereocenters. The van der Waals surface area contributed by atoms with Crippen molar-refractivity contribution in [2.75, 3.05) is 18.9 Å². The van der Waals surface area contributed by atoms with Crippen molar-refractivity contribution >= 4 is 38.5 Å². The molecule has 0 spiro atoms. The van der Waals surface area contributed by atoms with Crippen LogP contribution in [-0.2, 0) is 14.8 Å². The zero-order valence-electron chi connectivity index (χ0n) is 14.3. The number of thioether (sulfide) groups is 1. The van der Waals surface area contributed by atoms with Crippen LogP contribution < -0.4 is 0 Å². The van der Waals surface area contributed by atoms with Crippen molar-refractivity contribution in [1.29, 1.82) is 0 Å². The molecule has 3 rings (SSSR count). The van der Waals surface area contributed by atoms with Crippen molar-refractivity contribution < 1.29 is 18.3 Å². The zero-order valence-corrected chi connectivity index (χ0v) is 16.7. The Kier molecular flexibility index (Phi) is 6.39. The molecule has 2 aromatic rings. The maximum Gasteiger partial charge on any atom is 0.244 e. The molecule has 0 saturated carbocycles. The molecular weight excluding hydrogens is 406 g/mol. The van der Waals surface area contributed by atoms with Crippen molar-refractivity contribution in [3.8, 4) is 0 Å². The summed E-state index contributed by atoms with van der Waals surface area (Å²) in [6.45, 7) is -0.0161. The van der Waals surface area contributed by atoms with Crippen LogP contribution >= 0.6 is 23.4 Å². The second kappa shape index (κ2) is 8.58. The average molecular weight is 424 g/mol. The number of aliphatic hydroxyl groups excluding tert-OH is 1. The van der Waals surface area contributed by atoms with Gasteiger partial charge in [0.05, 0.1) is 17.5 Å². The van der Waals surface area contributed by atoms with Crippen LogP contribution in [0.25, 0.3) is 0 Å². The predicted octanol–water partition coefficient (Wildman–Crippen LogP) is 3.26. The highest BCUT2D eigenvalue weighted by Crippen LogP contribution is 2.39. The van der Waals surface area contributed by atoms with Gasteiger partial charge in [-0.2, -0.15) is 4.31 Å². The number of hydrogen-bond acceptors (Lipinski definition) is 5. The lowest BCUT2D eigenvalue weighted by molar-refractivity contribution is -0.108. The van der Waals surface area contributed by atoms with Crippen molar-refractivity contribution in [1.82, 2.24) is 4.31 Å². The zero-order chi connectivity index (χ0) is 19.4. The van der Waals surface area contributed by atoms with E-state index in [1.807, 2.05) is 18.2 Å². The molecule has 0 unspecified atom stereocenters. The van der Waals surface area contributed by atoms with Crippen molar-refractivity contribution in [3.05, 3.63) is 76.8 Å². The first-order valence-corrected chi connectivity index (χ1v) is 11.1. The summed E-state index contributed by atoms with van der Waals surface area (Å²) in [4.78, 5) is 12.7. The molecule has 0 radical (unpaired) electrons. The smallest absolute Gasteiger partial charge is 0.244 e. The van der Waals surface area contributed by atoms with Gasteiger partial charge in [-0.3, -0.25) is 4.79 Å². The van der Waals surface area contributed by atoms with E-state index >= 15 is 0 Å². The lowest BCUT2D eigenvalue weighted by atomic mass is 10.0. The molecule has 0 aliphatic carbocycles. The first-order chi connectivity index (χ1) is 12.9. The lowest BCUT2D eigenvalue weighted by Crippen LogP contribution is -2.33. The Balaban J connectivity index is 2.00. The summed E-state index contributed by atoms with van der Waals surface area (Å²) in [5, 5.41) is 9.20. The molecule has 142 valence electrons. The molecule has 8 heteroatoms. The Hall–Kier alpha value is -1.64. The normalized spacial score (nSPS) is 17.7. The van der Waals surface area contributed by atoms with Crippen LogP contribution in [0.1, 0.15) is 11.6 Å². The number of nitrogens with zero attached hydrogens (tertiary/aromatic N) is 1. The molecule has 27 heavy (non-hydrogen) atoms. The summed E-state index contributed by atoms with van der Waals surface area (Å²) in [5.74, 6) is 0.265. The highest BCUT2D eigenvalue weighted by Gasteiger charge is 2.40. The van der Waals surface area contributed by atoms with Gasteiger partial charge in [0.2, 0.25) is 15.1 Å². The van der Waals surface area contributed by atoms with E-state index in [0.29, 0.717) is 10.6 Å². The van der Waals surface area contributed by atoms with E-state index < -0.39 is 16.1 Å². The van der Waals surface area contributed by atoms with Gasteiger partial charge in [0, 0.05) is 22.9 Å². The number of carbonyl (C=O) groups excluding carboxylic acids is 1. The quantitative estimate of drug-likeness (QED) is 0.771. The second-order valence-corrected chi connectivity index (χ2v) is 9.26. The number of benzene rings is 2. The number of hydrogen-bond donors (Lipinski definition) is 1.